The van der Waals surface area contributed by atoms with Crippen molar-refractivity contribution in [3.63, 3.8) is 0 Å². The van der Waals surface area contributed by atoms with Gasteiger partial charge < -0.3 is 15.2 Å². The van der Waals surface area contributed by atoms with E-state index in [9.17, 15) is 9.59 Å². The maximum atomic E-state index is 11.7. The fourth-order valence-corrected chi connectivity index (χ4v) is 1.66. The molecule has 104 valence electrons. The van der Waals surface area contributed by atoms with Gasteiger partial charge in [-0.05, 0) is 32.0 Å². The van der Waals surface area contributed by atoms with Gasteiger partial charge in [0.05, 0.1) is 5.02 Å². The second-order valence-corrected chi connectivity index (χ2v) is 4.75. The van der Waals surface area contributed by atoms with E-state index in [1.165, 1.54) is 26.0 Å². The molecule has 1 amide bonds. The molecule has 0 fully saturated rings. The normalized spacial score (nSPS) is 13.5. The summed E-state index contributed by atoms with van der Waals surface area (Å²) in [6, 6.07) is 3.62. The van der Waals surface area contributed by atoms with Crippen LogP contribution in [0.4, 0.5) is 0 Å². The van der Waals surface area contributed by atoms with Crippen LogP contribution in [0.3, 0.4) is 0 Å². The van der Waals surface area contributed by atoms with Crippen LogP contribution >= 0.6 is 23.2 Å². The summed E-state index contributed by atoms with van der Waals surface area (Å²) >= 11 is 11.6. The minimum atomic E-state index is -1.12. The zero-order valence-electron chi connectivity index (χ0n) is 10.3. The Labute approximate surface area is 120 Å². The summed E-state index contributed by atoms with van der Waals surface area (Å²) < 4.78 is 5.35. The molecule has 0 unspecified atom stereocenters. The van der Waals surface area contributed by atoms with Crippen LogP contribution in [-0.4, -0.2) is 29.1 Å². The number of benzene rings is 1. The second-order valence-electron chi connectivity index (χ2n) is 3.90. The summed E-state index contributed by atoms with van der Waals surface area (Å²) in [5, 5.41) is 11.7. The lowest BCUT2D eigenvalue weighted by atomic mass is 10.3. The molecular weight excluding hydrogens is 293 g/mol. The van der Waals surface area contributed by atoms with Crippen LogP contribution in [0.25, 0.3) is 0 Å². The van der Waals surface area contributed by atoms with Crippen LogP contribution in [0.2, 0.25) is 10.0 Å². The van der Waals surface area contributed by atoms with Gasteiger partial charge in [-0.2, -0.15) is 0 Å². The van der Waals surface area contributed by atoms with Gasteiger partial charge >= 0.3 is 5.97 Å². The Morgan fingerprint density at radius 1 is 1.32 bits per heavy atom. The van der Waals surface area contributed by atoms with E-state index in [0.717, 1.165) is 0 Å². The number of carboxylic acid groups (broad SMARTS) is 1. The number of carbonyl (C=O) groups excluding carboxylic acids is 1. The third kappa shape index (κ3) is 4.61. The standard InChI is InChI=1S/C12H13Cl2NO4/c1-6(12(17)18)15-11(16)7(2)19-10-4-3-8(13)5-9(10)14/h3-7H,1-2H3,(H,15,16)(H,17,18)/t6-,7-/m0/s1. The third-order valence-corrected chi connectivity index (χ3v) is 2.83. The largest absolute Gasteiger partial charge is 0.480 e. The van der Waals surface area contributed by atoms with Gasteiger partial charge in [-0.25, -0.2) is 0 Å². The third-order valence-electron chi connectivity index (χ3n) is 2.30. The predicted octanol–water partition coefficient (Wildman–Crippen LogP) is 2.35. The van der Waals surface area contributed by atoms with E-state index in [4.69, 9.17) is 33.0 Å². The molecule has 1 aromatic carbocycles. The molecule has 0 saturated carbocycles. The van der Waals surface area contributed by atoms with Crippen molar-refractivity contribution in [1.29, 1.82) is 0 Å². The van der Waals surface area contributed by atoms with Crippen molar-refractivity contribution in [2.75, 3.05) is 0 Å². The van der Waals surface area contributed by atoms with E-state index < -0.39 is 24.0 Å². The highest BCUT2D eigenvalue weighted by Crippen LogP contribution is 2.28. The lowest BCUT2D eigenvalue weighted by Gasteiger charge is -2.17. The van der Waals surface area contributed by atoms with Crippen molar-refractivity contribution >= 4 is 35.1 Å². The molecule has 0 radical (unpaired) electrons. The fourth-order valence-electron chi connectivity index (χ4n) is 1.21. The number of halogens is 2. The summed E-state index contributed by atoms with van der Waals surface area (Å²) in [7, 11) is 0. The maximum Gasteiger partial charge on any atom is 0.325 e. The molecule has 2 N–H and O–H groups in total. The van der Waals surface area contributed by atoms with Gasteiger partial charge in [0.25, 0.3) is 5.91 Å². The van der Waals surface area contributed by atoms with Crippen molar-refractivity contribution in [1.82, 2.24) is 5.32 Å². The van der Waals surface area contributed by atoms with Crippen molar-refractivity contribution in [3.05, 3.63) is 28.2 Å². The predicted molar refractivity (Wildman–Crippen MR) is 71.8 cm³/mol. The molecule has 0 aromatic heterocycles. The van der Waals surface area contributed by atoms with E-state index in [1.807, 2.05) is 0 Å². The summed E-state index contributed by atoms with van der Waals surface area (Å²) in [4.78, 5) is 22.3. The molecule has 0 aliphatic carbocycles. The Bertz CT molecular complexity index is 493. The van der Waals surface area contributed by atoms with Gasteiger partial charge in [-0.15, -0.1) is 0 Å². The molecular formula is C12H13Cl2NO4. The number of ether oxygens (including phenoxy) is 1. The molecule has 0 aliphatic rings. The number of amides is 1. The summed E-state index contributed by atoms with van der Waals surface area (Å²) in [6.07, 6.45) is -0.875. The average Bonchev–Trinajstić information content (AvgIpc) is 2.32. The van der Waals surface area contributed by atoms with Crippen LogP contribution in [-0.2, 0) is 9.59 Å². The fraction of sp³-hybridized carbons (Fsp3) is 0.333. The zero-order valence-corrected chi connectivity index (χ0v) is 11.8. The molecule has 0 saturated heterocycles. The monoisotopic (exact) mass is 305 g/mol. The van der Waals surface area contributed by atoms with Crippen LogP contribution in [0.5, 0.6) is 5.75 Å². The molecule has 1 aromatic rings. The van der Waals surface area contributed by atoms with E-state index in [1.54, 1.807) is 6.07 Å². The molecule has 0 spiro atoms. The van der Waals surface area contributed by atoms with Crippen LogP contribution in [0.1, 0.15) is 13.8 Å². The Kier molecular flexibility index (Phi) is 5.44. The van der Waals surface area contributed by atoms with Gasteiger partial charge in [0, 0.05) is 5.02 Å². The minimum absolute atomic E-state index is 0.276. The number of aliphatic carboxylic acids is 1. The van der Waals surface area contributed by atoms with Gasteiger partial charge in [-0.3, -0.25) is 9.59 Å². The molecule has 0 heterocycles. The average molecular weight is 306 g/mol. The molecule has 7 heteroatoms. The number of nitrogens with one attached hydrogen (secondary N) is 1. The first kappa shape index (κ1) is 15.6. The van der Waals surface area contributed by atoms with E-state index in [2.05, 4.69) is 5.32 Å². The number of carboxylic acids is 1. The van der Waals surface area contributed by atoms with Crippen LogP contribution < -0.4 is 10.1 Å². The summed E-state index contributed by atoms with van der Waals surface area (Å²) in [5.41, 5.74) is 0. The molecule has 5 nitrogen and oxygen atoms in total. The Morgan fingerprint density at radius 3 is 2.47 bits per heavy atom. The second kappa shape index (κ2) is 6.63. The Balaban J connectivity index is 2.66. The first-order chi connectivity index (χ1) is 8.81. The van der Waals surface area contributed by atoms with Crippen molar-refractivity contribution in [2.45, 2.75) is 26.0 Å². The van der Waals surface area contributed by atoms with Gasteiger partial charge in [0.15, 0.2) is 6.10 Å². The van der Waals surface area contributed by atoms with E-state index in [-0.39, 0.29) is 5.02 Å². The number of carbonyl (C=O) groups is 2. The lowest BCUT2D eigenvalue weighted by Crippen LogP contribution is -2.44. The highest BCUT2D eigenvalue weighted by Gasteiger charge is 2.20. The minimum Gasteiger partial charge on any atom is -0.480 e. The van der Waals surface area contributed by atoms with E-state index in [0.29, 0.717) is 10.8 Å². The Morgan fingerprint density at radius 2 is 1.95 bits per heavy atom. The molecule has 19 heavy (non-hydrogen) atoms. The number of hydrogen-bond donors (Lipinski definition) is 2. The molecule has 1 rings (SSSR count). The number of rotatable bonds is 5. The quantitative estimate of drug-likeness (QED) is 0.875. The molecule has 2 atom stereocenters. The maximum absolute atomic E-state index is 11.7. The molecule has 0 bridgehead atoms. The molecule has 0 aliphatic heterocycles. The Hall–Kier alpha value is -1.46. The first-order valence-electron chi connectivity index (χ1n) is 5.46. The van der Waals surface area contributed by atoms with Gasteiger partial charge in [0.2, 0.25) is 0 Å². The van der Waals surface area contributed by atoms with Crippen LogP contribution in [0.15, 0.2) is 18.2 Å². The lowest BCUT2D eigenvalue weighted by molar-refractivity contribution is -0.142. The highest BCUT2D eigenvalue weighted by molar-refractivity contribution is 6.35. The zero-order chi connectivity index (χ0) is 14.6. The number of hydrogen-bond acceptors (Lipinski definition) is 3. The summed E-state index contributed by atoms with van der Waals surface area (Å²) in [5.74, 6) is -1.36. The van der Waals surface area contributed by atoms with E-state index >= 15 is 0 Å². The summed E-state index contributed by atoms with van der Waals surface area (Å²) in [6.45, 7) is 2.86. The van der Waals surface area contributed by atoms with Gasteiger partial charge in [-0.1, -0.05) is 23.2 Å². The first-order valence-corrected chi connectivity index (χ1v) is 6.21. The smallest absolute Gasteiger partial charge is 0.325 e. The van der Waals surface area contributed by atoms with Gasteiger partial charge in [0.1, 0.15) is 11.8 Å². The highest BCUT2D eigenvalue weighted by atomic mass is 35.5. The van der Waals surface area contributed by atoms with Crippen LogP contribution in [0, 0.1) is 0 Å². The van der Waals surface area contributed by atoms with Crippen molar-refractivity contribution < 1.29 is 19.4 Å². The van der Waals surface area contributed by atoms with Crippen molar-refractivity contribution in [2.24, 2.45) is 0 Å². The SMILES string of the molecule is C[C@H](NC(=O)[C@H](C)Oc1ccc(Cl)cc1Cl)C(=O)O. The topological polar surface area (TPSA) is 75.6 Å². The van der Waals surface area contributed by atoms with Crippen molar-refractivity contribution in [3.8, 4) is 5.75 Å².